The quantitative estimate of drug-likeness (QED) is 0.423. The highest BCUT2D eigenvalue weighted by Gasteiger charge is 2.58. The number of hydrogen-bond donors (Lipinski definition) is 2. The first-order chi connectivity index (χ1) is 16.9. The van der Waals surface area contributed by atoms with E-state index in [2.05, 4.69) is 10.6 Å². The van der Waals surface area contributed by atoms with Crippen LogP contribution in [0.5, 0.6) is 0 Å². The predicted molar refractivity (Wildman–Crippen MR) is 130 cm³/mol. The smallest absolute Gasteiger partial charge is 0.337 e. The summed E-state index contributed by atoms with van der Waals surface area (Å²) in [6.45, 7) is 0. The fourth-order valence-corrected chi connectivity index (χ4v) is 4.59. The van der Waals surface area contributed by atoms with Crippen LogP contribution in [0.1, 0.15) is 11.1 Å². The van der Waals surface area contributed by atoms with Crippen molar-refractivity contribution in [2.24, 2.45) is 0 Å². The number of anilines is 1. The number of esters is 2. The molecule has 3 atom stereocenters. The van der Waals surface area contributed by atoms with Crippen LogP contribution in [-0.2, 0) is 41.4 Å². The molecule has 2 aromatic carbocycles. The predicted octanol–water partition coefficient (Wildman–Crippen LogP) is 2.35. The van der Waals surface area contributed by atoms with Gasteiger partial charge in [0, 0.05) is 12.7 Å². The minimum atomic E-state index is -1.24. The highest BCUT2D eigenvalue weighted by atomic mass is 16.6. The van der Waals surface area contributed by atoms with E-state index in [4.69, 9.17) is 14.2 Å². The number of methoxy groups -OCH3 is 2. The average molecular weight is 477 g/mol. The summed E-state index contributed by atoms with van der Waals surface area (Å²) in [6.07, 6.45) is 3.63. The van der Waals surface area contributed by atoms with Crippen LogP contribution in [0.3, 0.4) is 0 Å². The standard InChI is InChI=1S/C27H28N2O6/c1-28-22(30)16-18-11-9-17(10-12-18)15-21(29-19-7-5-4-6-8-19)27-14-13-20(35-27)23(25(31)33-2)24(27)26(32)34-3/h4-14,20-21,29H,15-16H2,1-3H3,(H,28,30). The molecule has 0 aliphatic carbocycles. The molecule has 2 aliphatic rings. The fourth-order valence-electron chi connectivity index (χ4n) is 4.59. The second kappa shape index (κ2) is 10.1. The molecule has 0 fully saturated rings. The molecular formula is C27H28N2O6. The van der Waals surface area contributed by atoms with Crippen LogP contribution in [0.25, 0.3) is 0 Å². The van der Waals surface area contributed by atoms with Gasteiger partial charge in [0.1, 0.15) is 11.7 Å². The van der Waals surface area contributed by atoms with Gasteiger partial charge in [-0.25, -0.2) is 9.59 Å². The summed E-state index contributed by atoms with van der Waals surface area (Å²) in [6, 6.07) is 16.8. The van der Waals surface area contributed by atoms with Gasteiger partial charge in [0.25, 0.3) is 0 Å². The molecule has 8 nitrogen and oxygen atoms in total. The summed E-state index contributed by atoms with van der Waals surface area (Å²) >= 11 is 0. The topological polar surface area (TPSA) is 103 Å². The second-order valence-electron chi connectivity index (χ2n) is 8.40. The molecule has 2 bridgehead atoms. The minimum Gasteiger partial charge on any atom is -0.466 e. The first-order valence-corrected chi connectivity index (χ1v) is 11.3. The molecule has 2 N–H and O–H groups in total. The van der Waals surface area contributed by atoms with Crippen molar-refractivity contribution in [3.8, 4) is 0 Å². The van der Waals surface area contributed by atoms with Gasteiger partial charge >= 0.3 is 11.9 Å². The Hall–Kier alpha value is -3.91. The third-order valence-electron chi connectivity index (χ3n) is 6.32. The van der Waals surface area contributed by atoms with Gasteiger partial charge in [-0.3, -0.25) is 4.79 Å². The minimum absolute atomic E-state index is 0.0649. The van der Waals surface area contributed by atoms with Crippen LogP contribution >= 0.6 is 0 Å². The van der Waals surface area contributed by atoms with Crippen molar-refractivity contribution >= 4 is 23.5 Å². The molecule has 2 heterocycles. The average Bonchev–Trinajstić information content (AvgIpc) is 3.47. The van der Waals surface area contributed by atoms with Crippen molar-refractivity contribution in [2.45, 2.75) is 30.6 Å². The Morgan fingerprint density at radius 3 is 2.26 bits per heavy atom. The van der Waals surface area contributed by atoms with E-state index in [1.807, 2.05) is 60.7 Å². The molecule has 8 heteroatoms. The fraction of sp³-hybridized carbons (Fsp3) is 0.296. The number of carbonyl (C=O) groups is 3. The number of ether oxygens (including phenoxy) is 3. The van der Waals surface area contributed by atoms with Crippen molar-refractivity contribution in [3.63, 3.8) is 0 Å². The maximum absolute atomic E-state index is 13.0. The normalized spacial score (nSPS) is 20.9. The Bertz CT molecular complexity index is 1170. The number of hydrogen-bond acceptors (Lipinski definition) is 7. The number of amides is 1. The lowest BCUT2D eigenvalue weighted by molar-refractivity contribution is -0.139. The summed E-state index contributed by atoms with van der Waals surface area (Å²) in [5.41, 5.74) is 1.74. The molecule has 0 saturated heterocycles. The molecule has 35 heavy (non-hydrogen) atoms. The summed E-state index contributed by atoms with van der Waals surface area (Å²) in [5, 5.41) is 6.12. The Balaban J connectivity index is 1.73. The number of para-hydroxylation sites is 1. The molecule has 3 unspecified atom stereocenters. The van der Waals surface area contributed by atoms with Gasteiger partial charge in [-0.1, -0.05) is 48.5 Å². The van der Waals surface area contributed by atoms with E-state index in [1.54, 1.807) is 13.1 Å². The highest BCUT2D eigenvalue weighted by Crippen LogP contribution is 2.47. The van der Waals surface area contributed by atoms with Gasteiger partial charge in [0.05, 0.1) is 37.8 Å². The molecule has 0 radical (unpaired) electrons. The zero-order valence-corrected chi connectivity index (χ0v) is 19.9. The van der Waals surface area contributed by atoms with Gasteiger partial charge < -0.3 is 24.8 Å². The van der Waals surface area contributed by atoms with Gasteiger partial charge in [0.15, 0.2) is 0 Å². The summed E-state index contributed by atoms with van der Waals surface area (Å²) in [7, 11) is 4.15. The largest absolute Gasteiger partial charge is 0.466 e. The van der Waals surface area contributed by atoms with Crippen molar-refractivity contribution in [1.29, 1.82) is 0 Å². The van der Waals surface area contributed by atoms with Crippen LogP contribution in [-0.4, -0.2) is 56.9 Å². The third-order valence-corrected chi connectivity index (χ3v) is 6.32. The lowest BCUT2D eigenvalue weighted by Gasteiger charge is -2.36. The Morgan fingerprint density at radius 1 is 0.971 bits per heavy atom. The molecule has 1 amide bonds. The van der Waals surface area contributed by atoms with Crippen molar-refractivity contribution in [3.05, 3.63) is 89.0 Å². The first kappa shape index (κ1) is 24.2. The lowest BCUT2D eigenvalue weighted by Crippen LogP contribution is -2.49. The molecule has 2 aromatic rings. The second-order valence-corrected chi connectivity index (χ2v) is 8.40. The number of fused-ring (bicyclic) bond motifs is 2. The van der Waals surface area contributed by atoms with Crippen LogP contribution < -0.4 is 10.6 Å². The number of carbonyl (C=O) groups excluding carboxylic acids is 3. The lowest BCUT2D eigenvalue weighted by atomic mass is 9.79. The third kappa shape index (κ3) is 4.70. The SMILES string of the molecule is CNC(=O)Cc1ccc(CC(Nc2ccccc2)C23C=CC(O2)C(C(=O)OC)=C3C(=O)OC)cc1. The van der Waals surface area contributed by atoms with E-state index in [9.17, 15) is 14.4 Å². The molecular weight excluding hydrogens is 448 g/mol. The van der Waals surface area contributed by atoms with Crippen molar-refractivity contribution in [2.75, 3.05) is 26.6 Å². The summed E-state index contributed by atoms with van der Waals surface area (Å²) < 4.78 is 16.3. The number of likely N-dealkylation sites (N-methyl/N-ethyl adjacent to an activating group) is 1. The van der Waals surface area contributed by atoms with Gasteiger partial charge in [-0.15, -0.1) is 0 Å². The van der Waals surface area contributed by atoms with E-state index in [-0.39, 0.29) is 23.5 Å². The van der Waals surface area contributed by atoms with Crippen molar-refractivity contribution in [1.82, 2.24) is 5.32 Å². The highest BCUT2D eigenvalue weighted by molar-refractivity contribution is 6.05. The van der Waals surface area contributed by atoms with Crippen molar-refractivity contribution < 1.29 is 28.6 Å². The zero-order valence-electron chi connectivity index (χ0n) is 19.9. The molecule has 4 rings (SSSR count). The van der Waals surface area contributed by atoms with E-state index in [0.29, 0.717) is 6.42 Å². The Kier molecular flexibility index (Phi) is 7.02. The summed E-state index contributed by atoms with van der Waals surface area (Å²) in [4.78, 5) is 37.3. The molecule has 0 spiro atoms. The molecule has 182 valence electrons. The molecule has 2 aliphatic heterocycles. The number of benzene rings is 2. The summed E-state index contributed by atoms with van der Waals surface area (Å²) in [5.74, 6) is -1.33. The molecule has 0 saturated carbocycles. The van der Waals surface area contributed by atoms with Crippen LogP contribution in [0.15, 0.2) is 77.9 Å². The van der Waals surface area contributed by atoms with Gasteiger partial charge in [-0.05, 0) is 35.8 Å². The maximum Gasteiger partial charge on any atom is 0.337 e. The Labute approximate surface area is 203 Å². The zero-order chi connectivity index (χ0) is 25.0. The van der Waals surface area contributed by atoms with Crippen LogP contribution in [0, 0.1) is 0 Å². The van der Waals surface area contributed by atoms with Gasteiger partial charge in [-0.2, -0.15) is 0 Å². The Morgan fingerprint density at radius 2 is 1.63 bits per heavy atom. The first-order valence-electron chi connectivity index (χ1n) is 11.3. The van der Waals surface area contributed by atoms with Crippen LogP contribution in [0.2, 0.25) is 0 Å². The maximum atomic E-state index is 13.0. The van der Waals surface area contributed by atoms with Crippen LogP contribution in [0.4, 0.5) is 5.69 Å². The van der Waals surface area contributed by atoms with E-state index < -0.39 is 29.7 Å². The number of nitrogens with one attached hydrogen (secondary N) is 2. The van der Waals surface area contributed by atoms with E-state index in [0.717, 1.165) is 16.8 Å². The van der Waals surface area contributed by atoms with Gasteiger partial charge in [0.2, 0.25) is 5.91 Å². The molecule has 0 aromatic heterocycles. The number of rotatable bonds is 9. The van der Waals surface area contributed by atoms with E-state index >= 15 is 0 Å². The van der Waals surface area contributed by atoms with E-state index in [1.165, 1.54) is 14.2 Å². The monoisotopic (exact) mass is 476 g/mol.